The summed E-state index contributed by atoms with van der Waals surface area (Å²) in [5.41, 5.74) is 12.9. The van der Waals surface area contributed by atoms with E-state index in [1.165, 1.54) is 55.3 Å². The van der Waals surface area contributed by atoms with Gasteiger partial charge in [-0.2, -0.15) is 0 Å². The van der Waals surface area contributed by atoms with E-state index >= 15 is 0 Å². The van der Waals surface area contributed by atoms with Crippen LogP contribution in [0.5, 0.6) is 0 Å². The molecule has 0 saturated carbocycles. The molecule has 0 aliphatic carbocycles. The molecule has 0 amide bonds. The molecule has 1 nitrogen and oxygen atoms in total. The van der Waals surface area contributed by atoms with Gasteiger partial charge in [-0.15, -0.1) is 0 Å². The third-order valence-corrected chi connectivity index (χ3v) is 8.89. The van der Waals surface area contributed by atoms with Gasteiger partial charge >= 0.3 is 0 Å². The molecule has 0 N–H and O–H groups in total. The first-order chi connectivity index (χ1) is 23.3. The average molecular weight is 600 g/mol. The molecule has 0 fully saturated rings. The zero-order chi connectivity index (χ0) is 31.4. The highest BCUT2D eigenvalue weighted by Gasteiger charge is 2.22. The molecular weight excluding hydrogens is 567 g/mol. The van der Waals surface area contributed by atoms with E-state index < -0.39 is 0 Å². The molecule has 0 atom stereocenters. The van der Waals surface area contributed by atoms with Crippen molar-refractivity contribution in [2.75, 3.05) is 4.90 Å². The standard InChI is InChI=1S/C46H33N/c1-4-16-34(17-5-1)42-25-12-13-26-44(42)46-43(36-18-6-2-7-19-36)28-15-29-45(46)47(38-22-8-3-9-23-38)39-32-30-37(31-33-39)41-27-14-21-35-20-10-11-24-40(35)41/h1-33H. The third-order valence-electron chi connectivity index (χ3n) is 8.89. The lowest BCUT2D eigenvalue weighted by Crippen LogP contribution is -2.12. The van der Waals surface area contributed by atoms with E-state index in [1.807, 2.05) is 0 Å². The predicted molar refractivity (Wildman–Crippen MR) is 200 cm³/mol. The van der Waals surface area contributed by atoms with Crippen LogP contribution in [0.3, 0.4) is 0 Å². The maximum Gasteiger partial charge on any atom is 0.0546 e. The predicted octanol–water partition coefficient (Wildman–Crippen LogP) is 13.0. The van der Waals surface area contributed by atoms with Crippen LogP contribution in [0.1, 0.15) is 0 Å². The fourth-order valence-electron chi connectivity index (χ4n) is 6.71. The number of fused-ring (bicyclic) bond motifs is 1. The van der Waals surface area contributed by atoms with Crippen LogP contribution < -0.4 is 4.90 Å². The van der Waals surface area contributed by atoms with Crippen LogP contribution in [0.4, 0.5) is 17.1 Å². The Bertz CT molecular complexity index is 2270. The zero-order valence-corrected chi connectivity index (χ0v) is 26.0. The Morgan fingerprint density at radius 1 is 0.277 bits per heavy atom. The summed E-state index contributed by atoms with van der Waals surface area (Å²) in [6.07, 6.45) is 0. The molecule has 0 radical (unpaired) electrons. The van der Waals surface area contributed by atoms with Crippen molar-refractivity contribution in [2.24, 2.45) is 0 Å². The van der Waals surface area contributed by atoms with E-state index in [0.717, 1.165) is 17.1 Å². The number of nitrogens with zero attached hydrogens (tertiary/aromatic N) is 1. The highest BCUT2D eigenvalue weighted by molar-refractivity contribution is 6.01. The Labute approximate surface area is 276 Å². The van der Waals surface area contributed by atoms with Gasteiger partial charge in [0.1, 0.15) is 0 Å². The van der Waals surface area contributed by atoms with Crippen LogP contribution >= 0.6 is 0 Å². The van der Waals surface area contributed by atoms with Crippen molar-refractivity contribution in [3.8, 4) is 44.5 Å². The van der Waals surface area contributed by atoms with E-state index in [2.05, 4.69) is 205 Å². The molecule has 0 aliphatic rings. The largest absolute Gasteiger partial charge is 0.310 e. The average Bonchev–Trinajstić information content (AvgIpc) is 3.16. The molecule has 0 bridgehead atoms. The van der Waals surface area contributed by atoms with Crippen molar-refractivity contribution in [1.82, 2.24) is 0 Å². The highest BCUT2D eigenvalue weighted by Crippen LogP contribution is 2.48. The summed E-state index contributed by atoms with van der Waals surface area (Å²) in [5, 5.41) is 2.51. The van der Waals surface area contributed by atoms with E-state index in [9.17, 15) is 0 Å². The van der Waals surface area contributed by atoms with Crippen LogP contribution in [0.2, 0.25) is 0 Å². The summed E-state index contributed by atoms with van der Waals surface area (Å²) in [7, 11) is 0. The van der Waals surface area contributed by atoms with Crippen LogP contribution in [0.15, 0.2) is 200 Å². The number of benzene rings is 8. The second kappa shape index (κ2) is 12.7. The minimum Gasteiger partial charge on any atom is -0.310 e. The van der Waals surface area contributed by atoms with Crippen LogP contribution in [-0.2, 0) is 0 Å². The van der Waals surface area contributed by atoms with Crippen LogP contribution in [0, 0.1) is 0 Å². The molecule has 0 aliphatic heterocycles. The number of hydrogen-bond acceptors (Lipinski definition) is 1. The van der Waals surface area contributed by atoms with E-state index in [0.29, 0.717) is 0 Å². The van der Waals surface area contributed by atoms with Gasteiger partial charge in [0.25, 0.3) is 0 Å². The molecule has 0 aromatic heterocycles. The third kappa shape index (κ3) is 5.49. The molecule has 47 heavy (non-hydrogen) atoms. The fourth-order valence-corrected chi connectivity index (χ4v) is 6.71. The topological polar surface area (TPSA) is 3.24 Å². The summed E-state index contributed by atoms with van der Waals surface area (Å²) in [6.45, 7) is 0. The molecule has 0 spiro atoms. The first kappa shape index (κ1) is 28.3. The quantitative estimate of drug-likeness (QED) is 0.176. The Hall–Kier alpha value is -6.18. The fraction of sp³-hybridized carbons (Fsp3) is 0. The maximum atomic E-state index is 2.40. The van der Waals surface area contributed by atoms with Crippen molar-refractivity contribution in [2.45, 2.75) is 0 Å². The minimum absolute atomic E-state index is 1.10. The van der Waals surface area contributed by atoms with Crippen LogP contribution in [-0.4, -0.2) is 0 Å². The molecule has 8 aromatic carbocycles. The summed E-state index contributed by atoms with van der Waals surface area (Å²) in [5.74, 6) is 0. The number of hydrogen-bond donors (Lipinski definition) is 0. The van der Waals surface area contributed by atoms with Crippen molar-refractivity contribution in [1.29, 1.82) is 0 Å². The summed E-state index contributed by atoms with van der Waals surface area (Å²) in [4.78, 5) is 2.40. The van der Waals surface area contributed by atoms with Crippen molar-refractivity contribution in [3.63, 3.8) is 0 Å². The van der Waals surface area contributed by atoms with Gasteiger partial charge in [-0.25, -0.2) is 0 Å². The van der Waals surface area contributed by atoms with Gasteiger partial charge in [-0.1, -0.05) is 170 Å². The molecular formula is C46H33N. The second-order valence-electron chi connectivity index (χ2n) is 11.7. The smallest absolute Gasteiger partial charge is 0.0546 e. The first-order valence-electron chi connectivity index (χ1n) is 16.1. The van der Waals surface area contributed by atoms with Gasteiger partial charge in [-0.05, 0) is 80.0 Å². The van der Waals surface area contributed by atoms with Gasteiger partial charge in [0, 0.05) is 16.9 Å². The van der Waals surface area contributed by atoms with Gasteiger partial charge < -0.3 is 4.90 Å². The Morgan fingerprint density at radius 2 is 0.745 bits per heavy atom. The first-order valence-corrected chi connectivity index (χ1v) is 16.1. The molecule has 8 aromatic rings. The van der Waals surface area contributed by atoms with E-state index in [1.54, 1.807) is 0 Å². The second-order valence-corrected chi connectivity index (χ2v) is 11.7. The SMILES string of the molecule is c1ccc(-c2ccccc2-c2c(-c3ccccc3)cccc2N(c2ccccc2)c2ccc(-c3cccc4ccccc34)cc2)cc1. The van der Waals surface area contributed by atoms with Crippen molar-refractivity contribution < 1.29 is 0 Å². The lowest BCUT2D eigenvalue weighted by Gasteiger charge is -2.30. The normalized spacial score (nSPS) is 11.0. The maximum absolute atomic E-state index is 2.40. The zero-order valence-electron chi connectivity index (χ0n) is 26.0. The monoisotopic (exact) mass is 599 g/mol. The van der Waals surface area contributed by atoms with Gasteiger partial charge in [0.05, 0.1) is 5.69 Å². The molecule has 0 heterocycles. The van der Waals surface area contributed by atoms with Gasteiger partial charge in [0.2, 0.25) is 0 Å². The van der Waals surface area contributed by atoms with Crippen molar-refractivity contribution >= 4 is 27.8 Å². The number of anilines is 3. The van der Waals surface area contributed by atoms with Crippen molar-refractivity contribution in [3.05, 3.63) is 200 Å². The summed E-state index contributed by atoms with van der Waals surface area (Å²) < 4.78 is 0. The van der Waals surface area contributed by atoms with Crippen LogP contribution in [0.25, 0.3) is 55.3 Å². The molecule has 0 saturated heterocycles. The summed E-state index contributed by atoms with van der Waals surface area (Å²) >= 11 is 0. The van der Waals surface area contributed by atoms with Gasteiger partial charge in [-0.3, -0.25) is 0 Å². The molecule has 8 rings (SSSR count). The number of rotatable bonds is 7. The Kier molecular flexibility index (Phi) is 7.63. The minimum atomic E-state index is 1.10. The Morgan fingerprint density at radius 3 is 1.47 bits per heavy atom. The highest BCUT2D eigenvalue weighted by atomic mass is 15.1. The molecule has 0 unspecified atom stereocenters. The van der Waals surface area contributed by atoms with E-state index in [4.69, 9.17) is 0 Å². The van der Waals surface area contributed by atoms with Gasteiger partial charge in [0.15, 0.2) is 0 Å². The summed E-state index contributed by atoms with van der Waals surface area (Å²) in [6, 6.07) is 71.8. The molecule has 222 valence electrons. The van der Waals surface area contributed by atoms with E-state index in [-0.39, 0.29) is 0 Å². The Balaban J connectivity index is 1.36. The lowest BCUT2D eigenvalue weighted by molar-refractivity contribution is 1.28. The molecule has 1 heteroatoms. The number of para-hydroxylation sites is 1. The lowest BCUT2D eigenvalue weighted by atomic mass is 9.87.